The SMILES string of the molecule is C=C(C)C1CC(=O)c2ccccc21. The van der Waals surface area contributed by atoms with E-state index in [1.807, 2.05) is 31.2 Å². The molecule has 0 spiro atoms. The van der Waals surface area contributed by atoms with E-state index >= 15 is 0 Å². The summed E-state index contributed by atoms with van der Waals surface area (Å²) in [7, 11) is 0. The Balaban J connectivity index is 2.53. The smallest absolute Gasteiger partial charge is 0.164 e. The molecule has 0 aromatic heterocycles. The Morgan fingerprint density at radius 3 is 2.85 bits per heavy atom. The van der Waals surface area contributed by atoms with E-state index < -0.39 is 0 Å². The number of hydrogen-bond acceptors (Lipinski definition) is 1. The summed E-state index contributed by atoms with van der Waals surface area (Å²) in [6, 6.07) is 7.82. The lowest BCUT2D eigenvalue weighted by Gasteiger charge is -2.08. The first-order valence-corrected chi connectivity index (χ1v) is 4.47. The van der Waals surface area contributed by atoms with Gasteiger partial charge in [-0.15, -0.1) is 0 Å². The van der Waals surface area contributed by atoms with Crippen molar-refractivity contribution in [2.75, 3.05) is 0 Å². The monoisotopic (exact) mass is 172 g/mol. The molecule has 1 heteroatoms. The summed E-state index contributed by atoms with van der Waals surface area (Å²) >= 11 is 0. The molecule has 66 valence electrons. The molecule has 1 aromatic carbocycles. The number of hydrogen-bond donors (Lipinski definition) is 0. The van der Waals surface area contributed by atoms with Crippen LogP contribution in [0.3, 0.4) is 0 Å². The molecule has 0 N–H and O–H groups in total. The Bertz CT molecular complexity index is 376. The van der Waals surface area contributed by atoms with Crippen molar-refractivity contribution in [3.8, 4) is 0 Å². The number of benzene rings is 1. The first kappa shape index (κ1) is 8.24. The first-order valence-electron chi connectivity index (χ1n) is 4.47. The van der Waals surface area contributed by atoms with Gasteiger partial charge in [0.1, 0.15) is 0 Å². The number of rotatable bonds is 1. The summed E-state index contributed by atoms with van der Waals surface area (Å²) in [5, 5.41) is 0. The molecule has 2 rings (SSSR count). The average Bonchev–Trinajstić information content (AvgIpc) is 2.45. The van der Waals surface area contributed by atoms with Crippen LogP contribution in [0, 0.1) is 0 Å². The molecule has 0 bridgehead atoms. The van der Waals surface area contributed by atoms with E-state index in [0.717, 1.165) is 16.7 Å². The Kier molecular flexibility index (Phi) is 1.80. The van der Waals surface area contributed by atoms with Crippen molar-refractivity contribution in [3.05, 3.63) is 47.5 Å². The molecular weight excluding hydrogens is 160 g/mol. The first-order chi connectivity index (χ1) is 6.20. The molecule has 1 unspecified atom stereocenters. The highest BCUT2D eigenvalue weighted by atomic mass is 16.1. The third kappa shape index (κ3) is 1.21. The summed E-state index contributed by atoms with van der Waals surface area (Å²) in [6.07, 6.45) is 0.606. The summed E-state index contributed by atoms with van der Waals surface area (Å²) in [4.78, 5) is 11.5. The highest BCUT2D eigenvalue weighted by molar-refractivity contribution is 6.01. The molecule has 0 amide bonds. The zero-order valence-corrected chi connectivity index (χ0v) is 7.71. The maximum absolute atomic E-state index is 11.5. The third-order valence-electron chi connectivity index (χ3n) is 2.62. The van der Waals surface area contributed by atoms with Crippen molar-refractivity contribution in [1.29, 1.82) is 0 Å². The lowest BCUT2D eigenvalue weighted by Crippen LogP contribution is -1.93. The Labute approximate surface area is 78.1 Å². The van der Waals surface area contributed by atoms with E-state index in [-0.39, 0.29) is 11.7 Å². The average molecular weight is 172 g/mol. The molecule has 1 aliphatic carbocycles. The lowest BCUT2D eigenvalue weighted by atomic mass is 9.95. The third-order valence-corrected chi connectivity index (χ3v) is 2.62. The van der Waals surface area contributed by atoms with Gasteiger partial charge in [-0.3, -0.25) is 4.79 Å². The van der Waals surface area contributed by atoms with E-state index in [4.69, 9.17) is 0 Å². The topological polar surface area (TPSA) is 17.1 Å². The fourth-order valence-electron chi connectivity index (χ4n) is 1.90. The summed E-state index contributed by atoms with van der Waals surface area (Å²) in [5.74, 6) is 0.507. The lowest BCUT2D eigenvalue weighted by molar-refractivity contribution is 0.0991. The fourth-order valence-corrected chi connectivity index (χ4v) is 1.90. The van der Waals surface area contributed by atoms with Gasteiger partial charge in [0, 0.05) is 17.9 Å². The van der Waals surface area contributed by atoms with E-state index in [2.05, 4.69) is 6.58 Å². The molecule has 1 atom stereocenters. The van der Waals surface area contributed by atoms with Crippen molar-refractivity contribution in [2.45, 2.75) is 19.3 Å². The minimum Gasteiger partial charge on any atom is -0.294 e. The Hall–Kier alpha value is -1.37. The quantitative estimate of drug-likeness (QED) is 0.595. The molecule has 1 aliphatic rings. The van der Waals surface area contributed by atoms with Gasteiger partial charge in [0.05, 0.1) is 0 Å². The second-order valence-electron chi connectivity index (χ2n) is 3.61. The molecule has 0 saturated heterocycles. The molecule has 1 nitrogen and oxygen atoms in total. The number of carbonyl (C=O) groups is 1. The summed E-state index contributed by atoms with van der Waals surface area (Å²) in [6.45, 7) is 5.90. The van der Waals surface area contributed by atoms with Crippen molar-refractivity contribution in [3.63, 3.8) is 0 Å². The zero-order chi connectivity index (χ0) is 9.42. The van der Waals surface area contributed by atoms with Crippen LogP contribution in [0.2, 0.25) is 0 Å². The molecule has 0 radical (unpaired) electrons. The minimum atomic E-state index is 0.253. The largest absolute Gasteiger partial charge is 0.294 e. The van der Waals surface area contributed by atoms with Crippen LogP contribution >= 0.6 is 0 Å². The molecule has 13 heavy (non-hydrogen) atoms. The van der Waals surface area contributed by atoms with Crippen molar-refractivity contribution in [2.24, 2.45) is 0 Å². The van der Waals surface area contributed by atoms with Crippen LogP contribution in [0.4, 0.5) is 0 Å². The van der Waals surface area contributed by atoms with Gasteiger partial charge >= 0.3 is 0 Å². The van der Waals surface area contributed by atoms with Gasteiger partial charge in [-0.05, 0) is 12.5 Å². The van der Waals surface area contributed by atoms with Gasteiger partial charge < -0.3 is 0 Å². The van der Waals surface area contributed by atoms with Crippen LogP contribution in [0.5, 0.6) is 0 Å². The van der Waals surface area contributed by atoms with Gasteiger partial charge in [0.25, 0.3) is 0 Å². The standard InChI is InChI=1S/C12H12O/c1-8(2)11-7-12(13)10-6-4-3-5-9(10)11/h3-6,11H,1,7H2,2H3. The maximum Gasteiger partial charge on any atom is 0.164 e. The van der Waals surface area contributed by atoms with Crippen LogP contribution < -0.4 is 0 Å². The number of allylic oxidation sites excluding steroid dienone is 1. The number of Topliss-reactive ketones (excluding diaryl/α,β-unsaturated/α-hetero) is 1. The van der Waals surface area contributed by atoms with Gasteiger partial charge in [-0.2, -0.15) is 0 Å². The van der Waals surface area contributed by atoms with E-state index in [9.17, 15) is 4.79 Å². The van der Waals surface area contributed by atoms with Gasteiger partial charge in [-0.1, -0.05) is 36.4 Å². The number of carbonyl (C=O) groups excluding carboxylic acids is 1. The van der Waals surface area contributed by atoms with Gasteiger partial charge in [0.15, 0.2) is 5.78 Å². The van der Waals surface area contributed by atoms with E-state index in [0.29, 0.717) is 6.42 Å². The normalized spacial score (nSPS) is 20.1. The van der Waals surface area contributed by atoms with E-state index in [1.54, 1.807) is 0 Å². The predicted octanol–water partition coefficient (Wildman–Crippen LogP) is 2.93. The summed E-state index contributed by atoms with van der Waals surface area (Å²) in [5.41, 5.74) is 3.12. The molecule has 0 fully saturated rings. The highest BCUT2D eigenvalue weighted by Crippen LogP contribution is 2.36. The van der Waals surface area contributed by atoms with E-state index in [1.165, 1.54) is 0 Å². The van der Waals surface area contributed by atoms with Crippen molar-refractivity contribution < 1.29 is 4.79 Å². The fraction of sp³-hybridized carbons (Fsp3) is 0.250. The van der Waals surface area contributed by atoms with Crippen LogP contribution in [-0.2, 0) is 0 Å². The Morgan fingerprint density at radius 1 is 1.46 bits per heavy atom. The molecule has 0 heterocycles. The molecule has 1 aromatic rings. The molecule has 0 saturated carbocycles. The van der Waals surface area contributed by atoms with Crippen molar-refractivity contribution in [1.82, 2.24) is 0 Å². The second-order valence-corrected chi connectivity index (χ2v) is 3.61. The maximum atomic E-state index is 11.5. The van der Waals surface area contributed by atoms with Gasteiger partial charge in [0.2, 0.25) is 0 Å². The predicted molar refractivity (Wildman–Crippen MR) is 52.9 cm³/mol. The van der Waals surface area contributed by atoms with Crippen LogP contribution in [0.25, 0.3) is 0 Å². The number of fused-ring (bicyclic) bond motifs is 1. The second kappa shape index (κ2) is 2.84. The van der Waals surface area contributed by atoms with Crippen LogP contribution in [0.15, 0.2) is 36.4 Å². The number of ketones is 1. The molecular formula is C12H12O. The summed E-state index contributed by atoms with van der Waals surface area (Å²) < 4.78 is 0. The minimum absolute atomic E-state index is 0.253. The van der Waals surface area contributed by atoms with Gasteiger partial charge in [-0.25, -0.2) is 0 Å². The molecule has 0 aliphatic heterocycles. The van der Waals surface area contributed by atoms with Crippen LogP contribution in [0.1, 0.15) is 35.2 Å². The van der Waals surface area contributed by atoms with Crippen molar-refractivity contribution >= 4 is 5.78 Å². The van der Waals surface area contributed by atoms with Crippen LogP contribution in [-0.4, -0.2) is 5.78 Å². The Morgan fingerprint density at radius 2 is 2.15 bits per heavy atom. The highest BCUT2D eigenvalue weighted by Gasteiger charge is 2.28. The zero-order valence-electron chi connectivity index (χ0n) is 7.71.